The lowest BCUT2D eigenvalue weighted by molar-refractivity contribution is 0.496. The molecule has 0 amide bonds. The molecule has 1 heterocycles. The fraction of sp³-hybridized carbons (Fsp3) is 0.538. The van der Waals surface area contributed by atoms with Crippen molar-refractivity contribution in [1.29, 1.82) is 0 Å². The summed E-state index contributed by atoms with van der Waals surface area (Å²) < 4.78 is 0. The first kappa shape index (κ1) is 12.0. The van der Waals surface area contributed by atoms with Gasteiger partial charge in [0.15, 0.2) is 0 Å². The molecule has 2 atom stereocenters. The van der Waals surface area contributed by atoms with E-state index in [4.69, 9.17) is 5.84 Å². The Morgan fingerprint density at radius 3 is 3.06 bits per heavy atom. The molecule has 0 spiro atoms. The van der Waals surface area contributed by atoms with Crippen LogP contribution in [0.5, 0.6) is 0 Å². The molecule has 0 aliphatic carbocycles. The molecule has 88 valence electrons. The molecule has 0 bridgehead atoms. The summed E-state index contributed by atoms with van der Waals surface area (Å²) in [4.78, 5) is 0. The molecule has 2 unspecified atom stereocenters. The molecule has 2 nitrogen and oxygen atoms in total. The van der Waals surface area contributed by atoms with E-state index in [-0.39, 0.29) is 0 Å². The number of nitrogens with two attached hydrogens (primary N) is 1. The second-order valence-electron chi connectivity index (χ2n) is 4.52. The average Bonchev–Trinajstić information content (AvgIpc) is 2.79. The van der Waals surface area contributed by atoms with Crippen LogP contribution in [0.1, 0.15) is 24.0 Å². The first-order chi connectivity index (χ1) is 7.79. The lowest BCUT2D eigenvalue weighted by Gasteiger charge is -2.22. The first-order valence-electron chi connectivity index (χ1n) is 5.93. The lowest BCUT2D eigenvalue weighted by Crippen LogP contribution is -2.43. The van der Waals surface area contributed by atoms with Gasteiger partial charge in [0, 0.05) is 11.3 Å². The third-order valence-electron chi connectivity index (χ3n) is 3.17. The van der Waals surface area contributed by atoms with Gasteiger partial charge in [-0.05, 0) is 37.5 Å². The number of hydrazine groups is 1. The number of hydrogen-bond acceptors (Lipinski definition) is 3. The van der Waals surface area contributed by atoms with E-state index in [1.807, 2.05) is 0 Å². The summed E-state index contributed by atoms with van der Waals surface area (Å²) in [6, 6.07) is 9.12. The molecule has 0 radical (unpaired) electrons. The van der Waals surface area contributed by atoms with Crippen LogP contribution >= 0.6 is 11.8 Å². The number of benzene rings is 1. The third-order valence-corrected chi connectivity index (χ3v) is 4.68. The Morgan fingerprint density at radius 2 is 2.44 bits per heavy atom. The standard InChI is InChI=1S/C13H20N2S/c1-10-4-2-5-11(8-10)9-12(15-14)13-6-3-7-16-13/h2,4-5,8,12-13,15H,3,6-7,9,14H2,1H3. The van der Waals surface area contributed by atoms with Crippen molar-refractivity contribution in [3.63, 3.8) is 0 Å². The van der Waals surface area contributed by atoms with Crippen LogP contribution in [0.3, 0.4) is 0 Å². The molecule has 1 aliphatic heterocycles. The smallest absolute Gasteiger partial charge is 0.0369 e. The van der Waals surface area contributed by atoms with E-state index < -0.39 is 0 Å². The second kappa shape index (κ2) is 5.71. The van der Waals surface area contributed by atoms with Gasteiger partial charge in [-0.25, -0.2) is 0 Å². The zero-order valence-corrected chi connectivity index (χ0v) is 10.6. The second-order valence-corrected chi connectivity index (χ2v) is 5.86. The Bertz CT molecular complexity index is 334. The molecule has 1 fully saturated rings. The van der Waals surface area contributed by atoms with E-state index in [2.05, 4.69) is 48.4 Å². The normalized spacial score (nSPS) is 22.2. The maximum Gasteiger partial charge on any atom is 0.0369 e. The van der Waals surface area contributed by atoms with Gasteiger partial charge in [-0.2, -0.15) is 11.8 Å². The highest BCUT2D eigenvalue weighted by Gasteiger charge is 2.24. The van der Waals surface area contributed by atoms with E-state index in [1.54, 1.807) is 0 Å². The summed E-state index contributed by atoms with van der Waals surface area (Å²) in [7, 11) is 0. The zero-order chi connectivity index (χ0) is 11.4. The van der Waals surface area contributed by atoms with E-state index in [9.17, 15) is 0 Å². The van der Waals surface area contributed by atoms with Crippen LogP contribution in [-0.2, 0) is 6.42 Å². The molecule has 0 saturated carbocycles. The van der Waals surface area contributed by atoms with Gasteiger partial charge in [0.1, 0.15) is 0 Å². The van der Waals surface area contributed by atoms with Crippen LogP contribution in [0.15, 0.2) is 24.3 Å². The zero-order valence-electron chi connectivity index (χ0n) is 9.78. The van der Waals surface area contributed by atoms with Crippen LogP contribution in [-0.4, -0.2) is 17.0 Å². The molecule has 2 rings (SSSR count). The fourth-order valence-electron chi connectivity index (χ4n) is 2.31. The lowest BCUT2D eigenvalue weighted by atomic mass is 10.00. The SMILES string of the molecule is Cc1cccc(CC(NN)C2CCCS2)c1. The topological polar surface area (TPSA) is 38.0 Å². The predicted molar refractivity (Wildman–Crippen MR) is 71.5 cm³/mol. The minimum absolute atomic E-state index is 0.411. The molecule has 1 aromatic rings. The largest absolute Gasteiger partial charge is 0.271 e. The van der Waals surface area contributed by atoms with Gasteiger partial charge in [-0.1, -0.05) is 29.8 Å². The molecule has 3 heteroatoms. The Kier molecular flexibility index (Phi) is 4.27. The quantitative estimate of drug-likeness (QED) is 0.622. The summed E-state index contributed by atoms with van der Waals surface area (Å²) in [5.41, 5.74) is 5.70. The molecule has 16 heavy (non-hydrogen) atoms. The van der Waals surface area contributed by atoms with E-state index in [1.165, 1.54) is 29.7 Å². The summed E-state index contributed by atoms with van der Waals surface area (Å²) in [6.07, 6.45) is 3.67. The third kappa shape index (κ3) is 3.00. The Morgan fingerprint density at radius 1 is 1.56 bits per heavy atom. The van der Waals surface area contributed by atoms with Crippen molar-refractivity contribution >= 4 is 11.8 Å². The van der Waals surface area contributed by atoms with E-state index >= 15 is 0 Å². The summed E-state index contributed by atoms with van der Waals surface area (Å²) in [5, 5.41) is 0.686. The summed E-state index contributed by atoms with van der Waals surface area (Å²) in [5.74, 6) is 6.96. The monoisotopic (exact) mass is 236 g/mol. The van der Waals surface area contributed by atoms with Gasteiger partial charge in [0.2, 0.25) is 0 Å². The van der Waals surface area contributed by atoms with Crippen LogP contribution in [0.4, 0.5) is 0 Å². The number of rotatable bonds is 4. The highest BCUT2D eigenvalue weighted by Crippen LogP contribution is 2.29. The Hall–Kier alpha value is -0.510. The van der Waals surface area contributed by atoms with Crippen LogP contribution in [0.25, 0.3) is 0 Å². The molecule has 1 aromatic carbocycles. The fourth-order valence-corrected chi connectivity index (χ4v) is 3.69. The predicted octanol–water partition coefficient (Wildman–Crippen LogP) is 2.27. The summed E-state index contributed by atoms with van der Waals surface area (Å²) in [6.45, 7) is 2.14. The van der Waals surface area contributed by atoms with Gasteiger partial charge < -0.3 is 0 Å². The minimum Gasteiger partial charge on any atom is -0.271 e. The van der Waals surface area contributed by atoms with E-state index in [0.29, 0.717) is 11.3 Å². The highest BCUT2D eigenvalue weighted by molar-refractivity contribution is 8.00. The van der Waals surface area contributed by atoms with Crippen LogP contribution in [0.2, 0.25) is 0 Å². The van der Waals surface area contributed by atoms with Crippen molar-refractivity contribution in [2.75, 3.05) is 5.75 Å². The molecule has 1 saturated heterocycles. The Balaban J connectivity index is 2.00. The van der Waals surface area contributed by atoms with Crippen molar-refractivity contribution in [1.82, 2.24) is 5.43 Å². The average molecular weight is 236 g/mol. The molecule has 0 aromatic heterocycles. The van der Waals surface area contributed by atoms with Crippen molar-refractivity contribution in [3.05, 3.63) is 35.4 Å². The van der Waals surface area contributed by atoms with Crippen molar-refractivity contribution < 1.29 is 0 Å². The highest BCUT2D eigenvalue weighted by atomic mass is 32.2. The number of aryl methyl sites for hydroxylation is 1. The molecule has 1 aliphatic rings. The maximum atomic E-state index is 5.68. The summed E-state index contributed by atoms with van der Waals surface area (Å²) >= 11 is 2.06. The van der Waals surface area contributed by atoms with E-state index in [0.717, 1.165) is 6.42 Å². The maximum absolute atomic E-state index is 5.68. The van der Waals surface area contributed by atoms with Gasteiger partial charge in [-0.15, -0.1) is 0 Å². The molecular formula is C13H20N2S. The van der Waals surface area contributed by atoms with Crippen molar-refractivity contribution in [2.24, 2.45) is 5.84 Å². The van der Waals surface area contributed by atoms with Gasteiger partial charge in [-0.3, -0.25) is 11.3 Å². The number of thioether (sulfide) groups is 1. The Labute approximate surface area is 102 Å². The molecule has 3 N–H and O–H groups in total. The first-order valence-corrected chi connectivity index (χ1v) is 6.98. The minimum atomic E-state index is 0.411. The van der Waals surface area contributed by atoms with Crippen molar-refractivity contribution in [2.45, 2.75) is 37.5 Å². The van der Waals surface area contributed by atoms with Crippen molar-refractivity contribution in [3.8, 4) is 0 Å². The number of hydrogen-bond donors (Lipinski definition) is 2. The van der Waals surface area contributed by atoms with Gasteiger partial charge in [0.05, 0.1) is 0 Å². The van der Waals surface area contributed by atoms with Gasteiger partial charge in [0.25, 0.3) is 0 Å². The van der Waals surface area contributed by atoms with Crippen LogP contribution in [0, 0.1) is 6.92 Å². The van der Waals surface area contributed by atoms with Crippen LogP contribution < -0.4 is 11.3 Å². The molecular weight excluding hydrogens is 216 g/mol. The number of nitrogens with one attached hydrogen (secondary N) is 1. The van der Waals surface area contributed by atoms with Gasteiger partial charge >= 0.3 is 0 Å².